The van der Waals surface area contributed by atoms with Crippen molar-refractivity contribution in [2.45, 2.75) is 6.42 Å². The van der Waals surface area contributed by atoms with E-state index in [1.54, 1.807) is 84.8 Å². The second-order valence-corrected chi connectivity index (χ2v) is 10.3. The quantitative estimate of drug-likeness (QED) is 0.152. The summed E-state index contributed by atoms with van der Waals surface area (Å²) in [5.41, 5.74) is 3.10. The van der Waals surface area contributed by atoms with E-state index < -0.39 is 0 Å². The van der Waals surface area contributed by atoms with Crippen molar-refractivity contribution in [3.05, 3.63) is 143 Å². The molecule has 3 amide bonds. The number of carbonyl (C=O) groups is 4. The molecule has 0 N–H and O–H groups in total. The third-order valence-corrected chi connectivity index (χ3v) is 7.68. The molecule has 1 aliphatic rings. The maximum absolute atomic E-state index is 13.8. The second-order valence-electron chi connectivity index (χ2n) is 10.3. The van der Waals surface area contributed by atoms with Crippen molar-refractivity contribution in [2.24, 2.45) is 0 Å². The topological polar surface area (TPSA) is 84.0 Å². The van der Waals surface area contributed by atoms with Crippen LogP contribution in [-0.2, 0) is 0 Å². The highest BCUT2D eigenvalue weighted by Gasteiger charge is 2.32. The van der Waals surface area contributed by atoms with Crippen LogP contribution in [0, 0.1) is 0 Å². The first-order chi connectivity index (χ1) is 21.0. The molecule has 7 nitrogen and oxygen atoms in total. The maximum Gasteiger partial charge on any atom is 0.261 e. The number of nitrogens with zero attached hydrogens (tertiary/aromatic N) is 2. The van der Waals surface area contributed by atoms with Gasteiger partial charge in [-0.2, -0.15) is 0 Å². The summed E-state index contributed by atoms with van der Waals surface area (Å²) in [7, 11) is 1.57. The van der Waals surface area contributed by atoms with Crippen LogP contribution >= 0.6 is 0 Å². The van der Waals surface area contributed by atoms with E-state index in [-0.39, 0.29) is 36.6 Å². The smallest absolute Gasteiger partial charge is 0.261 e. The van der Waals surface area contributed by atoms with Crippen molar-refractivity contribution in [3.63, 3.8) is 0 Å². The average Bonchev–Trinajstić information content (AvgIpc) is 3.07. The van der Waals surface area contributed by atoms with Gasteiger partial charge in [0.1, 0.15) is 5.75 Å². The Kier molecular flexibility index (Phi) is 7.54. The Morgan fingerprint density at radius 1 is 0.674 bits per heavy atom. The fourth-order valence-electron chi connectivity index (χ4n) is 5.46. The van der Waals surface area contributed by atoms with Crippen molar-refractivity contribution in [2.75, 3.05) is 25.1 Å². The zero-order chi connectivity index (χ0) is 29.9. The predicted octanol–water partition coefficient (Wildman–Crippen LogP) is 6.41. The minimum atomic E-state index is -0.338. The Bertz CT molecular complexity index is 1800. The monoisotopic (exact) mass is 568 g/mol. The largest absolute Gasteiger partial charge is 0.497 e. The number of methoxy groups -OCH3 is 1. The molecule has 1 heterocycles. The lowest BCUT2D eigenvalue weighted by Gasteiger charge is -2.29. The van der Waals surface area contributed by atoms with Crippen molar-refractivity contribution >= 4 is 40.0 Å². The van der Waals surface area contributed by atoms with Gasteiger partial charge in [0.25, 0.3) is 17.7 Å². The molecule has 0 aliphatic carbocycles. The highest BCUT2D eigenvalue weighted by atomic mass is 16.5. The molecule has 5 aromatic carbocycles. The highest BCUT2D eigenvalue weighted by molar-refractivity contribution is 6.25. The summed E-state index contributed by atoms with van der Waals surface area (Å²) >= 11 is 0. The third kappa shape index (κ3) is 5.28. The Morgan fingerprint density at radius 3 is 1.86 bits per heavy atom. The standard InChI is InChI=1S/C36H28N2O5/c1-43-29-20-18-28(19-21-29)37(34(40)27-16-14-26(15-17-27)33(39)25-8-3-2-4-9-25)22-7-23-38-35(41)30-12-5-10-24-11-6-13-31(32(24)30)36(38)42/h2-6,8-21H,7,22-23H2,1H3. The molecule has 0 aromatic heterocycles. The number of benzene rings is 5. The SMILES string of the molecule is COc1ccc(N(CCCN2C(=O)c3cccc4cccc(c34)C2=O)C(=O)c2ccc(C(=O)c3ccccc3)cc2)cc1. The van der Waals surface area contributed by atoms with E-state index in [0.717, 1.165) is 5.39 Å². The molecule has 0 saturated heterocycles. The molecule has 0 atom stereocenters. The number of anilines is 1. The van der Waals surface area contributed by atoms with Crippen LogP contribution in [0.4, 0.5) is 5.69 Å². The minimum Gasteiger partial charge on any atom is -0.497 e. The second kappa shape index (κ2) is 11.7. The van der Waals surface area contributed by atoms with Gasteiger partial charge in [-0.25, -0.2) is 0 Å². The van der Waals surface area contributed by atoms with Gasteiger partial charge in [0.05, 0.1) is 7.11 Å². The van der Waals surface area contributed by atoms with Crippen molar-refractivity contribution in [1.82, 2.24) is 4.90 Å². The van der Waals surface area contributed by atoms with Gasteiger partial charge in [-0.15, -0.1) is 0 Å². The molecule has 6 rings (SSSR count). The van der Waals surface area contributed by atoms with E-state index in [1.165, 1.54) is 4.90 Å². The molecule has 0 fully saturated rings. The van der Waals surface area contributed by atoms with E-state index >= 15 is 0 Å². The van der Waals surface area contributed by atoms with Gasteiger partial charge in [0.15, 0.2) is 5.78 Å². The van der Waals surface area contributed by atoms with Crippen LogP contribution in [0.15, 0.2) is 115 Å². The third-order valence-electron chi connectivity index (χ3n) is 7.68. The van der Waals surface area contributed by atoms with Crippen LogP contribution in [-0.4, -0.2) is 48.6 Å². The molecule has 212 valence electrons. The van der Waals surface area contributed by atoms with Crippen LogP contribution in [0.2, 0.25) is 0 Å². The highest BCUT2D eigenvalue weighted by Crippen LogP contribution is 2.30. The summed E-state index contributed by atoms with van der Waals surface area (Å²) < 4.78 is 5.29. The first-order valence-electron chi connectivity index (χ1n) is 14.0. The number of amides is 3. The predicted molar refractivity (Wildman–Crippen MR) is 165 cm³/mol. The van der Waals surface area contributed by atoms with Crippen LogP contribution in [0.3, 0.4) is 0 Å². The van der Waals surface area contributed by atoms with Gasteiger partial charge < -0.3 is 9.64 Å². The molecular formula is C36H28N2O5. The number of ether oxygens (including phenoxy) is 1. The Balaban J connectivity index is 1.22. The first kappa shape index (κ1) is 27.6. The van der Waals surface area contributed by atoms with Gasteiger partial charge in [0, 0.05) is 52.0 Å². The van der Waals surface area contributed by atoms with Crippen molar-refractivity contribution in [1.29, 1.82) is 0 Å². The molecule has 7 heteroatoms. The van der Waals surface area contributed by atoms with Gasteiger partial charge in [-0.3, -0.25) is 24.1 Å². The van der Waals surface area contributed by atoms with Crippen LogP contribution < -0.4 is 9.64 Å². The summed E-state index contributed by atoms with van der Waals surface area (Å²) in [6, 6.07) is 33.6. The number of imide groups is 1. The number of hydrogen-bond acceptors (Lipinski definition) is 5. The number of ketones is 1. The Labute approximate surface area is 248 Å². The van der Waals surface area contributed by atoms with Crippen molar-refractivity contribution < 1.29 is 23.9 Å². The fourth-order valence-corrected chi connectivity index (χ4v) is 5.46. The first-order valence-corrected chi connectivity index (χ1v) is 14.0. The zero-order valence-electron chi connectivity index (χ0n) is 23.5. The maximum atomic E-state index is 13.8. The Hall–Kier alpha value is -5.56. The Morgan fingerprint density at radius 2 is 1.26 bits per heavy atom. The molecule has 0 saturated carbocycles. The molecule has 0 radical (unpaired) electrons. The van der Waals surface area contributed by atoms with Crippen molar-refractivity contribution in [3.8, 4) is 5.75 Å². The van der Waals surface area contributed by atoms with E-state index in [4.69, 9.17) is 4.74 Å². The van der Waals surface area contributed by atoms with Gasteiger partial charge in [-0.1, -0.05) is 66.7 Å². The number of carbonyl (C=O) groups excluding carboxylic acids is 4. The summed E-state index contributed by atoms with van der Waals surface area (Å²) in [6.45, 7) is 0.394. The summed E-state index contributed by atoms with van der Waals surface area (Å²) in [6.07, 6.45) is 0.359. The molecule has 43 heavy (non-hydrogen) atoms. The van der Waals surface area contributed by atoms with Crippen LogP contribution in [0.25, 0.3) is 10.8 Å². The molecule has 0 spiro atoms. The van der Waals surface area contributed by atoms with Crippen LogP contribution in [0.5, 0.6) is 5.75 Å². The van der Waals surface area contributed by atoms with E-state index in [1.807, 2.05) is 42.5 Å². The summed E-state index contributed by atoms with van der Waals surface area (Å²) in [5.74, 6) is -0.419. The van der Waals surface area contributed by atoms with Crippen LogP contribution in [0.1, 0.15) is 53.4 Å². The van der Waals surface area contributed by atoms with Gasteiger partial charge in [0.2, 0.25) is 0 Å². The van der Waals surface area contributed by atoms with Gasteiger partial charge >= 0.3 is 0 Å². The van der Waals surface area contributed by atoms with E-state index in [0.29, 0.717) is 51.1 Å². The lowest BCUT2D eigenvalue weighted by molar-refractivity contribution is 0.0609. The number of rotatable bonds is 9. The minimum absolute atomic E-state index is 0.125. The average molecular weight is 569 g/mol. The fraction of sp³-hybridized carbons (Fsp3) is 0.111. The zero-order valence-corrected chi connectivity index (χ0v) is 23.5. The van der Waals surface area contributed by atoms with E-state index in [9.17, 15) is 19.2 Å². The molecule has 1 aliphatic heterocycles. The van der Waals surface area contributed by atoms with E-state index in [2.05, 4.69) is 0 Å². The summed E-state index contributed by atoms with van der Waals surface area (Å²) in [4.78, 5) is 56.3. The number of hydrogen-bond donors (Lipinski definition) is 0. The normalized spacial score (nSPS) is 12.3. The summed E-state index contributed by atoms with van der Waals surface area (Å²) in [5, 5.41) is 1.53. The molecule has 0 unspecified atom stereocenters. The lowest BCUT2D eigenvalue weighted by Crippen LogP contribution is -2.42. The van der Waals surface area contributed by atoms with Gasteiger partial charge in [-0.05, 0) is 60.3 Å². The molecule has 5 aromatic rings. The molecule has 0 bridgehead atoms. The molecular weight excluding hydrogens is 540 g/mol. The lowest BCUT2D eigenvalue weighted by atomic mass is 9.94.